The molecule has 164 valence electrons. The van der Waals surface area contributed by atoms with E-state index in [2.05, 4.69) is 5.32 Å². The summed E-state index contributed by atoms with van der Waals surface area (Å²) in [5.41, 5.74) is 9.59. The molecule has 1 fully saturated rings. The van der Waals surface area contributed by atoms with Crippen LogP contribution in [-0.4, -0.2) is 41.4 Å². The summed E-state index contributed by atoms with van der Waals surface area (Å²) in [7, 11) is 0. The first-order chi connectivity index (χ1) is 14.8. The van der Waals surface area contributed by atoms with E-state index in [-0.39, 0.29) is 12.5 Å². The van der Waals surface area contributed by atoms with E-state index in [0.717, 1.165) is 22.3 Å². The zero-order valence-corrected chi connectivity index (χ0v) is 18.0. The minimum absolute atomic E-state index is 0.140. The van der Waals surface area contributed by atoms with E-state index in [0.29, 0.717) is 25.8 Å². The molecule has 0 saturated carbocycles. The number of likely N-dealkylation sites (tertiary alicyclic amines) is 1. The molecule has 3 N–H and O–H groups in total. The summed E-state index contributed by atoms with van der Waals surface area (Å²) in [6, 6.07) is 13.7. The van der Waals surface area contributed by atoms with Gasteiger partial charge in [0.15, 0.2) is 0 Å². The zero-order chi connectivity index (χ0) is 22.4. The maximum Gasteiger partial charge on any atom is 0.410 e. The number of ether oxygens (including phenoxy) is 1. The van der Waals surface area contributed by atoms with Crippen LogP contribution < -0.4 is 11.1 Å². The zero-order valence-electron chi connectivity index (χ0n) is 18.0. The Hall–Kier alpha value is -3.35. The largest absolute Gasteiger partial charge is 0.445 e. The summed E-state index contributed by atoms with van der Waals surface area (Å²) >= 11 is 0. The van der Waals surface area contributed by atoms with Gasteiger partial charge in [-0.15, -0.1) is 0 Å². The molecule has 1 aliphatic rings. The van der Waals surface area contributed by atoms with Gasteiger partial charge >= 0.3 is 6.09 Å². The van der Waals surface area contributed by atoms with Crippen LogP contribution in [0.1, 0.15) is 35.1 Å². The molecule has 0 spiro atoms. The molecule has 1 aliphatic heterocycles. The number of primary amides is 1. The van der Waals surface area contributed by atoms with Gasteiger partial charge < -0.3 is 15.8 Å². The summed E-state index contributed by atoms with van der Waals surface area (Å²) in [6.45, 7) is 4.58. The van der Waals surface area contributed by atoms with Crippen molar-refractivity contribution >= 4 is 17.9 Å². The third-order valence-electron chi connectivity index (χ3n) is 5.67. The van der Waals surface area contributed by atoms with Gasteiger partial charge in [0.1, 0.15) is 18.7 Å². The molecule has 3 amide bonds. The molecule has 0 radical (unpaired) electrons. The maximum atomic E-state index is 12.9. The lowest BCUT2D eigenvalue weighted by Gasteiger charge is -2.25. The average molecular weight is 424 g/mol. The quantitative estimate of drug-likeness (QED) is 0.715. The molecule has 0 aliphatic carbocycles. The molecule has 31 heavy (non-hydrogen) atoms. The van der Waals surface area contributed by atoms with Crippen molar-refractivity contribution in [2.45, 2.75) is 51.8 Å². The van der Waals surface area contributed by atoms with Gasteiger partial charge in [0.05, 0.1) is 0 Å². The SMILES string of the molecule is Cc1ccc(C[C@@H](NC(=O)[C@H]2CCCN2C(=O)OCc2ccccc2)C(N)=O)cc1C. The van der Waals surface area contributed by atoms with Crippen molar-refractivity contribution in [2.75, 3.05) is 6.54 Å². The summed E-state index contributed by atoms with van der Waals surface area (Å²) < 4.78 is 5.38. The average Bonchev–Trinajstić information content (AvgIpc) is 3.25. The van der Waals surface area contributed by atoms with Crippen LogP contribution in [-0.2, 0) is 27.4 Å². The minimum Gasteiger partial charge on any atom is -0.445 e. The standard InChI is InChI=1S/C24H29N3O4/c1-16-10-11-19(13-17(16)2)14-20(22(25)28)26-23(29)21-9-6-12-27(21)24(30)31-15-18-7-4-3-5-8-18/h3-5,7-8,10-11,13,20-21H,6,9,12,14-15H2,1-2H3,(H2,25,28)(H,26,29)/t20-,21-/m1/s1. The Morgan fingerprint density at radius 3 is 2.52 bits per heavy atom. The number of rotatable bonds is 7. The van der Waals surface area contributed by atoms with Gasteiger partial charge in [-0.3, -0.25) is 14.5 Å². The number of carbonyl (C=O) groups excluding carboxylic acids is 3. The topological polar surface area (TPSA) is 102 Å². The number of nitrogens with one attached hydrogen (secondary N) is 1. The molecule has 2 atom stereocenters. The Morgan fingerprint density at radius 1 is 1.10 bits per heavy atom. The van der Waals surface area contributed by atoms with Crippen molar-refractivity contribution in [1.82, 2.24) is 10.2 Å². The van der Waals surface area contributed by atoms with Gasteiger partial charge in [-0.1, -0.05) is 48.5 Å². The highest BCUT2D eigenvalue weighted by Gasteiger charge is 2.36. The molecular weight excluding hydrogens is 394 g/mol. The monoisotopic (exact) mass is 423 g/mol. The van der Waals surface area contributed by atoms with Crippen molar-refractivity contribution in [3.05, 3.63) is 70.8 Å². The van der Waals surface area contributed by atoms with Crippen LogP contribution in [0.3, 0.4) is 0 Å². The highest BCUT2D eigenvalue weighted by molar-refractivity contribution is 5.91. The fourth-order valence-corrected chi connectivity index (χ4v) is 3.72. The molecule has 2 aromatic carbocycles. The van der Waals surface area contributed by atoms with E-state index in [1.54, 1.807) is 0 Å². The number of nitrogens with zero attached hydrogens (tertiary/aromatic N) is 1. The lowest BCUT2D eigenvalue weighted by molar-refractivity contribution is -0.130. The Morgan fingerprint density at radius 2 is 1.84 bits per heavy atom. The summed E-state index contributed by atoms with van der Waals surface area (Å²) in [4.78, 5) is 38.8. The van der Waals surface area contributed by atoms with Gasteiger partial charge in [0.2, 0.25) is 11.8 Å². The smallest absolute Gasteiger partial charge is 0.410 e. The molecular formula is C24H29N3O4. The van der Waals surface area contributed by atoms with Crippen molar-refractivity contribution in [3.63, 3.8) is 0 Å². The molecule has 1 saturated heterocycles. The van der Waals surface area contributed by atoms with Crippen LogP contribution >= 0.6 is 0 Å². The van der Waals surface area contributed by atoms with Crippen LogP contribution in [0, 0.1) is 13.8 Å². The predicted octanol–water partition coefficient (Wildman–Crippen LogP) is 2.62. The predicted molar refractivity (Wildman–Crippen MR) is 117 cm³/mol. The van der Waals surface area contributed by atoms with Crippen molar-refractivity contribution in [1.29, 1.82) is 0 Å². The first kappa shape index (κ1) is 22.3. The van der Waals surface area contributed by atoms with Crippen LogP contribution in [0.4, 0.5) is 4.79 Å². The molecule has 7 nitrogen and oxygen atoms in total. The first-order valence-corrected chi connectivity index (χ1v) is 10.5. The second kappa shape index (κ2) is 10.1. The number of hydrogen-bond donors (Lipinski definition) is 2. The van der Waals surface area contributed by atoms with Gasteiger partial charge in [-0.05, 0) is 48.9 Å². The molecule has 3 rings (SSSR count). The second-order valence-electron chi connectivity index (χ2n) is 7.98. The molecule has 1 heterocycles. The van der Waals surface area contributed by atoms with Gasteiger partial charge in [0.25, 0.3) is 0 Å². The van der Waals surface area contributed by atoms with E-state index in [4.69, 9.17) is 10.5 Å². The van der Waals surface area contributed by atoms with Crippen molar-refractivity contribution in [3.8, 4) is 0 Å². The highest BCUT2D eigenvalue weighted by atomic mass is 16.6. The van der Waals surface area contributed by atoms with Crippen LogP contribution in [0.25, 0.3) is 0 Å². The van der Waals surface area contributed by atoms with Gasteiger partial charge in [-0.25, -0.2) is 4.79 Å². The van der Waals surface area contributed by atoms with Crippen molar-refractivity contribution < 1.29 is 19.1 Å². The molecule has 0 bridgehead atoms. The fraction of sp³-hybridized carbons (Fsp3) is 0.375. The first-order valence-electron chi connectivity index (χ1n) is 10.5. The van der Waals surface area contributed by atoms with Gasteiger partial charge in [0, 0.05) is 13.0 Å². The Labute approximate surface area is 182 Å². The van der Waals surface area contributed by atoms with E-state index in [1.165, 1.54) is 4.90 Å². The molecule has 0 unspecified atom stereocenters. The van der Waals surface area contributed by atoms with E-state index >= 15 is 0 Å². The van der Waals surface area contributed by atoms with Crippen LogP contribution in [0.2, 0.25) is 0 Å². The Balaban J connectivity index is 1.61. The molecule has 0 aromatic heterocycles. The third kappa shape index (κ3) is 5.84. The number of amides is 3. The van der Waals surface area contributed by atoms with Gasteiger partial charge in [-0.2, -0.15) is 0 Å². The summed E-state index contributed by atoms with van der Waals surface area (Å²) in [5.74, 6) is -0.996. The maximum absolute atomic E-state index is 12.9. The van der Waals surface area contributed by atoms with Crippen LogP contribution in [0.15, 0.2) is 48.5 Å². The number of hydrogen-bond acceptors (Lipinski definition) is 4. The van der Waals surface area contributed by atoms with Crippen LogP contribution in [0.5, 0.6) is 0 Å². The molecule has 2 aromatic rings. The lowest BCUT2D eigenvalue weighted by Crippen LogP contribution is -2.53. The second-order valence-corrected chi connectivity index (χ2v) is 7.98. The lowest BCUT2D eigenvalue weighted by atomic mass is 10.0. The van der Waals surface area contributed by atoms with E-state index in [9.17, 15) is 14.4 Å². The number of benzene rings is 2. The highest BCUT2D eigenvalue weighted by Crippen LogP contribution is 2.20. The molecule has 7 heteroatoms. The van der Waals surface area contributed by atoms with E-state index < -0.39 is 24.1 Å². The van der Waals surface area contributed by atoms with Crippen molar-refractivity contribution in [2.24, 2.45) is 5.73 Å². The fourth-order valence-electron chi connectivity index (χ4n) is 3.72. The third-order valence-corrected chi connectivity index (χ3v) is 5.67. The number of aryl methyl sites for hydroxylation is 2. The minimum atomic E-state index is -0.850. The summed E-state index contributed by atoms with van der Waals surface area (Å²) in [6.07, 6.45) is 0.970. The summed E-state index contributed by atoms with van der Waals surface area (Å²) in [5, 5.41) is 2.74. The van der Waals surface area contributed by atoms with E-state index in [1.807, 2.05) is 62.4 Å². The Kier molecular flexibility index (Phi) is 7.28. The Bertz CT molecular complexity index is 945. The number of carbonyl (C=O) groups is 3. The number of nitrogens with two attached hydrogens (primary N) is 1. The normalized spacial score (nSPS) is 16.6.